The van der Waals surface area contributed by atoms with Gasteiger partial charge in [0.1, 0.15) is 17.7 Å². The first-order valence-electron chi connectivity index (χ1n) is 26.9. The van der Waals surface area contributed by atoms with Crippen LogP contribution in [0.5, 0.6) is 5.75 Å². The summed E-state index contributed by atoms with van der Waals surface area (Å²) < 4.78 is 7.92. The quantitative estimate of drug-likeness (QED) is 0.0825. The van der Waals surface area contributed by atoms with Gasteiger partial charge in [0, 0.05) is 69.7 Å². The number of hydrogen-bond acceptors (Lipinski definition) is 17. The average Bonchev–Trinajstić information content (AvgIpc) is 4.27. The molecule has 1 unspecified atom stereocenters. The third kappa shape index (κ3) is 10.6. The Balaban J connectivity index is 0.631. The number of carbonyl (C=O) groups excluding carboxylic acids is 2. The number of β-amino-alcohol motifs (C(OH)–C–C–N with tert-alkyl or cyclic N) is 1. The molecule has 4 fully saturated rings. The smallest absolute Gasteiger partial charge is 0.243 e. The molecule has 0 bridgehead atoms. The highest BCUT2D eigenvalue weighted by atomic mass is 32.1. The average molecular weight is 1050 g/mol. The molecule has 0 aliphatic carbocycles. The summed E-state index contributed by atoms with van der Waals surface area (Å²) in [7, 11) is 0. The zero-order valence-electron chi connectivity index (χ0n) is 43.7. The number of aliphatic hydroxyl groups excluding tert-OH is 1. The monoisotopic (exact) mass is 1050 g/mol. The van der Waals surface area contributed by atoms with E-state index in [1.165, 1.54) is 10.5 Å². The lowest BCUT2D eigenvalue weighted by Crippen LogP contribution is -2.48. The van der Waals surface area contributed by atoms with E-state index in [0.717, 1.165) is 123 Å². The maximum Gasteiger partial charge on any atom is 0.243 e. The molecular weight excluding hydrogens is 981 g/mol. The topological polar surface area (TPSA) is 234 Å². The first-order chi connectivity index (χ1) is 36.8. The van der Waals surface area contributed by atoms with Crippen LogP contribution in [-0.4, -0.2) is 136 Å². The lowest BCUT2D eigenvalue weighted by molar-refractivity contribution is -0.141. The molecule has 0 spiro atoms. The number of phenols is 1. The number of likely N-dealkylation sites (tertiary alicyclic amines) is 2. The van der Waals surface area contributed by atoms with E-state index in [-0.39, 0.29) is 48.5 Å². The molecule has 20 heteroatoms. The summed E-state index contributed by atoms with van der Waals surface area (Å²) in [4.78, 5) is 52.1. The second-order valence-electron chi connectivity index (χ2n) is 21.7. The predicted octanol–water partition coefficient (Wildman–Crippen LogP) is 7.51. The first-order valence-corrected chi connectivity index (χ1v) is 27.8. The molecule has 4 aliphatic rings. The number of thiazole rings is 1. The number of aliphatic hydroxyl groups is 1. The zero-order chi connectivity index (χ0) is 52.6. The van der Waals surface area contributed by atoms with Crippen molar-refractivity contribution in [2.45, 2.75) is 109 Å². The van der Waals surface area contributed by atoms with Gasteiger partial charge in [0.25, 0.3) is 0 Å². The summed E-state index contributed by atoms with van der Waals surface area (Å²) in [5.41, 5.74) is 14.9. The van der Waals surface area contributed by atoms with Crippen LogP contribution in [0.1, 0.15) is 112 Å². The summed E-state index contributed by atoms with van der Waals surface area (Å²) in [6.07, 6.45) is 9.35. The molecule has 7 aromatic rings. The van der Waals surface area contributed by atoms with Crippen LogP contribution in [0.4, 0.5) is 17.6 Å². The summed E-state index contributed by atoms with van der Waals surface area (Å²) in [5, 5.41) is 42.2. The van der Waals surface area contributed by atoms with Gasteiger partial charge in [-0.25, -0.2) is 15.0 Å². The number of amides is 2. The number of piperidine rings is 3. The molecule has 4 saturated heterocycles. The van der Waals surface area contributed by atoms with Crippen LogP contribution in [0.25, 0.3) is 32.7 Å². The van der Waals surface area contributed by atoms with E-state index in [4.69, 9.17) is 20.2 Å². The molecule has 19 nitrogen and oxygen atoms in total. The van der Waals surface area contributed by atoms with E-state index < -0.39 is 18.1 Å². The number of nitrogen functional groups attached to an aromatic ring is 1. The maximum atomic E-state index is 14.4. The van der Waals surface area contributed by atoms with Gasteiger partial charge in [0.05, 0.1) is 45.5 Å². The van der Waals surface area contributed by atoms with Crippen LogP contribution in [0, 0.1) is 18.8 Å². The van der Waals surface area contributed by atoms with Gasteiger partial charge in [-0.15, -0.1) is 21.5 Å². The Labute approximate surface area is 446 Å². The summed E-state index contributed by atoms with van der Waals surface area (Å²) >= 11 is 1.60. The van der Waals surface area contributed by atoms with Crippen molar-refractivity contribution in [1.29, 1.82) is 0 Å². The zero-order valence-corrected chi connectivity index (χ0v) is 44.5. The summed E-state index contributed by atoms with van der Waals surface area (Å²) in [6, 6.07) is 18.0. The molecule has 398 valence electrons. The van der Waals surface area contributed by atoms with Crippen LogP contribution in [-0.2, 0) is 9.59 Å². The molecule has 4 atom stereocenters. The highest BCUT2D eigenvalue weighted by molar-refractivity contribution is 7.13. The molecule has 76 heavy (non-hydrogen) atoms. The summed E-state index contributed by atoms with van der Waals surface area (Å²) in [5.74, 6) is 2.16. The van der Waals surface area contributed by atoms with Crippen LogP contribution < -0.4 is 20.9 Å². The third-order valence-corrected chi connectivity index (χ3v) is 17.3. The van der Waals surface area contributed by atoms with Crippen LogP contribution in [0.3, 0.4) is 0 Å². The lowest BCUT2D eigenvalue weighted by Gasteiger charge is -2.37. The fourth-order valence-corrected chi connectivity index (χ4v) is 12.7. The number of phenolic OH excluding ortho intramolecular Hbond substituents is 1. The van der Waals surface area contributed by atoms with Gasteiger partial charge in [-0.3, -0.25) is 14.3 Å². The number of rotatable bonds is 14. The Morgan fingerprint density at radius 3 is 2.30 bits per heavy atom. The van der Waals surface area contributed by atoms with Crippen LogP contribution in [0.15, 0.2) is 83.1 Å². The van der Waals surface area contributed by atoms with Crippen molar-refractivity contribution >= 4 is 51.8 Å². The van der Waals surface area contributed by atoms with Crippen molar-refractivity contribution in [2.75, 3.05) is 67.9 Å². The van der Waals surface area contributed by atoms with Gasteiger partial charge in [0.15, 0.2) is 22.9 Å². The number of aromatic nitrogens is 8. The number of hydrogen-bond donors (Lipinski definition) is 4. The highest BCUT2D eigenvalue weighted by Gasteiger charge is 2.44. The minimum absolute atomic E-state index is 0.0828. The maximum absolute atomic E-state index is 14.4. The Morgan fingerprint density at radius 1 is 0.882 bits per heavy atom. The normalized spacial score (nSPS) is 20.2. The van der Waals surface area contributed by atoms with E-state index in [2.05, 4.69) is 45.5 Å². The number of aryl methyl sites for hydroxylation is 1. The lowest BCUT2D eigenvalue weighted by atomic mass is 9.89. The molecule has 5 aromatic heterocycles. The van der Waals surface area contributed by atoms with Crippen LogP contribution >= 0.6 is 11.3 Å². The number of nitrogens with two attached hydrogens (primary N) is 1. The Kier molecular flexibility index (Phi) is 14.7. The molecular formula is C56H68N14O5S. The van der Waals surface area contributed by atoms with Crippen molar-refractivity contribution in [3.05, 3.63) is 101 Å². The van der Waals surface area contributed by atoms with Gasteiger partial charge in [-0.2, -0.15) is 5.10 Å². The predicted molar refractivity (Wildman–Crippen MR) is 292 cm³/mol. The number of nitrogens with one attached hydrogen (secondary N) is 1. The number of anilines is 3. The highest BCUT2D eigenvalue weighted by Crippen LogP contribution is 2.37. The standard InChI is InChI=1S/C56H68N14O5S/c1-33(2)50(55(74)69-31-42(71)25-46(69)54(73)61-34(3)37-9-11-39(12-10-37)52-35(4)60-32-76-52)48-27-49(65-75-48)67-21-13-36(14-22-67)30-66-19-15-38(16-20-66)40-28-58-56(59-29-40)68-23-17-41(18-24-68)70-45-26-44(43-7-5-6-8-47(43)72)62-63-51(45)53(57)64-70/h5-12,26-29,32-34,36,38,41-42,46,50,71-72H,13-25,30-31H2,1-4H3,(H2,57,64)(H,61,73)/t34-,42+,46-,50?/m0/s1. The summed E-state index contributed by atoms with van der Waals surface area (Å²) in [6.45, 7) is 14.4. The molecule has 0 saturated carbocycles. The fourth-order valence-electron chi connectivity index (χ4n) is 11.9. The molecule has 4 aliphatic heterocycles. The van der Waals surface area contributed by atoms with Gasteiger partial charge < -0.3 is 45.4 Å². The molecule has 9 heterocycles. The fraction of sp³-hybridized carbons (Fsp3) is 0.482. The van der Waals surface area contributed by atoms with E-state index in [1.54, 1.807) is 23.5 Å². The Bertz CT molecular complexity index is 3140. The second kappa shape index (κ2) is 21.9. The molecule has 11 rings (SSSR count). The first kappa shape index (κ1) is 51.1. The van der Waals surface area contributed by atoms with Crippen molar-refractivity contribution in [3.8, 4) is 27.4 Å². The van der Waals surface area contributed by atoms with E-state index in [9.17, 15) is 19.8 Å². The number of aromatic hydroxyl groups is 1. The second-order valence-corrected chi connectivity index (χ2v) is 22.5. The van der Waals surface area contributed by atoms with Crippen molar-refractivity contribution in [2.24, 2.45) is 11.8 Å². The molecule has 2 aromatic carbocycles. The molecule has 2 amide bonds. The minimum atomic E-state index is -0.804. The van der Waals surface area contributed by atoms with Gasteiger partial charge in [0.2, 0.25) is 17.8 Å². The Morgan fingerprint density at radius 2 is 1.61 bits per heavy atom. The number of benzene rings is 2. The minimum Gasteiger partial charge on any atom is -0.507 e. The number of fused-ring (bicyclic) bond motifs is 1. The number of para-hydroxylation sites is 1. The van der Waals surface area contributed by atoms with Crippen molar-refractivity contribution in [1.82, 2.24) is 55.2 Å². The number of carbonyl (C=O) groups is 2. The molecule has 5 N–H and O–H groups in total. The van der Waals surface area contributed by atoms with Gasteiger partial charge in [-0.1, -0.05) is 55.4 Å². The van der Waals surface area contributed by atoms with Gasteiger partial charge >= 0.3 is 0 Å². The van der Waals surface area contributed by atoms with Crippen molar-refractivity contribution in [3.63, 3.8) is 0 Å². The van der Waals surface area contributed by atoms with E-state index in [1.807, 2.05) is 98.8 Å². The Hall–Kier alpha value is -7.03. The van der Waals surface area contributed by atoms with Crippen molar-refractivity contribution < 1.29 is 24.3 Å². The largest absolute Gasteiger partial charge is 0.507 e. The van der Waals surface area contributed by atoms with E-state index >= 15 is 0 Å². The van der Waals surface area contributed by atoms with Crippen LogP contribution in [0.2, 0.25) is 0 Å². The molecule has 0 radical (unpaired) electrons. The SMILES string of the molecule is Cc1ncsc1-c1ccc([C@H](C)NC(=O)[C@@H]2C[C@@H](O)CN2C(=O)C(c2cc(N3CCC(CN4CCC(c5cnc(N6CCC(n7nc(N)c8nnc(-c9ccccc9O)cc87)CC6)nc5)CC4)CC3)no2)C(C)C)cc1. The van der Waals surface area contributed by atoms with Gasteiger partial charge in [-0.05, 0) is 118 Å². The number of nitrogens with zero attached hydrogens (tertiary/aromatic N) is 12. The third-order valence-electron chi connectivity index (χ3n) is 16.3. The van der Waals surface area contributed by atoms with E-state index in [0.29, 0.717) is 40.2 Å².